The molecular formula is C20H23NO5. The normalized spacial score (nSPS) is 10.4. The minimum atomic E-state index is -0.976. The summed E-state index contributed by atoms with van der Waals surface area (Å²) in [5.41, 5.74) is 0.837. The van der Waals surface area contributed by atoms with E-state index >= 15 is 0 Å². The third-order valence-electron chi connectivity index (χ3n) is 3.47. The molecule has 0 aromatic heterocycles. The lowest BCUT2D eigenvalue weighted by molar-refractivity contribution is -0.116. The summed E-state index contributed by atoms with van der Waals surface area (Å²) >= 11 is 0. The van der Waals surface area contributed by atoms with Crippen molar-refractivity contribution >= 4 is 17.6 Å². The number of nitrogens with one attached hydrogen (secondary N) is 1. The van der Waals surface area contributed by atoms with Crippen LogP contribution in [0.25, 0.3) is 0 Å². The van der Waals surface area contributed by atoms with Gasteiger partial charge < -0.3 is 19.9 Å². The van der Waals surface area contributed by atoms with E-state index in [0.29, 0.717) is 30.2 Å². The third-order valence-corrected chi connectivity index (χ3v) is 3.47. The van der Waals surface area contributed by atoms with Crippen molar-refractivity contribution in [3.05, 3.63) is 54.1 Å². The molecule has 138 valence electrons. The highest BCUT2D eigenvalue weighted by atomic mass is 16.5. The molecule has 0 aliphatic rings. The van der Waals surface area contributed by atoms with E-state index in [2.05, 4.69) is 5.32 Å². The van der Waals surface area contributed by atoms with Gasteiger partial charge in [0.1, 0.15) is 24.7 Å². The standard InChI is InChI=1S/C20H23NO5/c1-14(2)13-19(22)21-17-5-3-4-6-18(17)26-12-11-25-16-9-7-15(8-10-16)20(23)24/h3-10,14H,11-13H2,1-2H3,(H,21,22)(H,23,24). The summed E-state index contributed by atoms with van der Waals surface area (Å²) in [5.74, 6) is 0.400. The van der Waals surface area contributed by atoms with Crippen molar-refractivity contribution in [1.29, 1.82) is 0 Å². The number of carboxylic acid groups (broad SMARTS) is 1. The van der Waals surface area contributed by atoms with E-state index in [9.17, 15) is 9.59 Å². The van der Waals surface area contributed by atoms with Crippen molar-refractivity contribution in [3.8, 4) is 11.5 Å². The van der Waals surface area contributed by atoms with Gasteiger partial charge in [0, 0.05) is 6.42 Å². The summed E-state index contributed by atoms with van der Waals surface area (Å²) in [6.45, 7) is 4.56. The maximum absolute atomic E-state index is 11.9. The third kappa shape index (κ3) is 6.12. The lowest BCUT2D eigenvalue weighted by Crippen LogP contribution is -2.15. The average Bonchev–Trinajstić information content (AvgIpc) is 2.59. The molecular weight excluding hydrogens is 334 g/mol. The predicted octanol–water partition coefficient (Wildman–Crippen LogP) is 3.83. The largest absolute Gasteiger partial charge is 0.490 e. The Kier molecular flexibility index (Phi) is 7.02. The van der Waals surface area contributed by atoms with Crippen LogP contribution in [0.2, 0.25) is 0 Å². The van der Waals surface area contributed by atoms with Gasteiger partial charge in [-0.25, -0.2) is 4.79 Å². The van der Waals surface area contributed by atoms with Gasteiger partial charge >= 0.3 is 5.97 Å². The molecule has 0 fully saturated rings. The number of anilines is 1. The highest BCUT2D eigenvalue weighted by molar-refractivity contribution is 5.92. The van der Waals surface area contributed by atoms with Gasteiger partial charge in [0.15, 0.2) is 0 Å². The Morgan fingerprint density at radius 1 is 1.00 bits per heavy atom. The van der Waals surface area contributed by atoms with Gasteiger partial charge in [-0.3, -0.25) is 4.79 Å². The maximum atomic E-state index is 11.9. The molecule has 1 amide bonds. The number of amides is 1. The Morgan fingerprint density at radius 2 is 1.65 bits per heavy atom. The Morgan fingerprint density at radius 3 is 2.31 bits per heavy atom. The molecule has 6 nitrogen and oxygen atoms in total. The minimum Gasteiger partial charge on any atom is -0.490 e. The number of carbonyl (C=O) groups is 2. The lowest BCUT2D eigenvalue weighted by atomic mass is 10.1. The van der Waals surface area contributed by atoms with Gasteiger partial charge in [0.2, 0.25) is 5.91 Å². The van der Waals surface area contributed by atoms with Gasteiger partial charge in [-0.05, 0) is 42.3 Å². The van der Waals surface area contributed by atoms with E-state index < -0.39 is 5.97 Å². The fraction of sp³-hybridized carbons (Fsp3) is 0.300. The molecule has 6 heteroatoms. The molecule has 2 aromatic rings. The zero-order chi connectivity index (χ0) is 18.9. The number of rotatable bonds is 9. The van der Waals surface area contributed by atoms with Crippen LogP contribution < -0.4 is 14.8 Å². The smallest absolute Gasteiger partial charge is 0.335 e. The van der Waals surface area contributed by atoms with Crippen molar-refractivity contribution in [3.63, 3.8) is 0 Å². The first-order valence-corrected chi connectivity index (χ1v) is 8.43. The van der Waals surface area contributed by atoms with E-state index in [1.165, 1.54) is 12.1 Å². The fourth-order valence-corrected chi connectivity index (χ4v) is 2.27. The molecule has 0 saturated heterocycles. The summed E-state index contributed by atoms with van der Waals surface area (Å²) in [5, 5.41) is 11.7. The monoisotopic (exact) mass is 357 g/mol. The Hall–Kier alpha value is -3.02. The Bertz CT molecular complexity index is 740. The summed E-state index contributed by atoms with van der Waals surface area (Å²) in [7, 11) is 0. The molecule has 0 radical (unpaired) electrons. The first-order chi connectivity index (χ1) is 12.5. The van der Waals surface area contributed by atoms with Gasteiger partial charge in [0.05, 0.1) is 11.3 Å². The summed E-state index contributed by atoms with van der Waals surface area (Å²) in [6.07, 6.45) is 0.448. The Labute approximate surface area is 152 Å². The molecule has 0 bridgehead atoms. The van der Waals surface area contributed by atoms with Crippen molar-refractivity contribution in [2.24, 2.45) is 5.92 Å². The van der Waals surface area contributed by atoms with Crippen LogP contribution in [0.3, 0.4) is 0 Å². The summed E-state index contributed by atoms with van der Waals surface area (Å²) in [6, 6.07) is 13.4. The highest BCUT2D eigenvalue weighted by Gasteiger charge is 2.09. The first-order valence-electron chi connectivity index (χ1n) is 8.43. The first kappa shape index (κ1) is 19.3. The molecule has 0 aliphatic heterocycles. The van der Waals surface area contributed by atoms with Crippen molar-refractivity contribution in [1.82, 2.24) is 0 Å². The average molecular weight is 357 g/mol. The molecule has 26 heavy (non-hydrogen) atoms. The quantitative estimate of drug-likeness (QED) is 0.666. The molecule has 2 aromatic carbocycles. The molecule has 0 atom stereocenters. The van der Waals surface area contributed by atoms with Crippen molar-refractivity contribution in [2.75, 3.05) is 18.5 Å². The zero-order valence-electron chi connectivity index (χ0n) is 14.9. The van der Waals surface area contributed by atoms with E-state index in [4.69, 9.17) is 14.6 Å². The van der Waals surface area contributed by atoms with E-state index in [1.54, 1.807) is 24.3 Å². The van der Waals surface area contributed by atoms with Gasteiger partial charge in [-0.1, -0.05) is 26.0 Å². The van der Waals surface area contributed by atoms with E-state index in [0.717, 1.165) is 0 Å². The molecule has 2 N–H and O–H groups in total. The second-order valence-electron chi connectivity index (χ2n) is 6.17. The number of aromatic carboxylic acids is 1. The summed E-state index contributed by atoms with van der Waals surface area (Å²) < 4.78 is 11.2. The van der Waals surface area contributed by atoms with Crippen LogP contribution in [0.4, 0.5) is 5.69 Å². The number of hydrogen-bond acceptors (Lipinski definition) is 4. The fourth-order valence-electron chi connectivity index (χ4n) is 2.27. The summed E-state index contributed by atoms with van der Waals surface area (Å²) in [4.78, 5) is 22.7. The maximum Gasteiger partial charge on any atom is 0.335 e. The molecule has 2 rings (SSSR count). The topological polar surface area (TPSA) is 84.9 Å². The van der Waals surface area contributed by atoms with Crippen LogP contribution in [0.15, 0.2) is 48.5 Å². The molecule has 0 heterocycles. The van der Waals surface area contributed by atoms with Crippen LogP contribution in [-0.4, -0.2) is 30.2 Å². The van der Waals surface area contributed by atoms with E-state index in [-0.39, 0.29) is 24.0 Å². The number of carboxylic acids is 1. The van der Waals surface area contributed by atoms with Gasteiger partial charge in [0.25, 0.3) is 0 Å². The van der Waals surface area contributed by atoms with Crippen molar-refractivity contribution in [2.45, 2.75) is 20.3 Å². The van der Waals surface area contributed by atoms with Gasteiger partial charge in [-0.15, -0.1) is 0 Å². The lowest BCUT2D eigenvalue weighted by Gasteiger charge is -2.13. The highest BCUT2D eigenvalue weighted by Crippen LogP contribution is 2.24. The van der Waals surface area contributed by atoms with Crippen molar-refractivity contribution < 1.29 is 24.2 Å². The van der Waals surface area contributed by atoms with Crippen LogP contribution in [0, 0.1) is 5.92 Å². The SMILES string of the molecule is CC(C)CC(=O)Nc1ccccc1OCCOc1ccc(C(=O)O)cc1. The second kappa shape index (κ2) is 9.46. The van der Waals surface area contributed by atoms with E-state index in [1.807, 2.05) is 26.0 Å². The van der Waals surface area contributed by atoms with Crippen LogP contribution in [0.5, 0.6) is 11.5 Å². The van der Waals surface area contributed by atoms with Crippen LogP contribution in [0.1, 0.15) is 30.6 Å². The number of para-hydroxylation sites is 2. The second-order valence-corrected chi connectivity index (χ2v) is 6.17. The number of ether oxygens (including phenoxy) is 2. The Balaban J connectivity index is 1.84. The molecule has 0 saturated carbocycles. The predicted molar refractivity (Wildman–Crippen MR) is 98.9 cm³/mol. The number of benzene rings is 2. The molecule has 0 spiro atoms. The van der Waals surface area contributed by atoms with Crippen LogP contribution in [-0.2, 0) is 4.79 Å². The zero-order valence-corrected chi connectivity index (χ0v) is 14.9. The number of hydrogen-bond donors (Lipinski definition) is 2. The minimum absolute atomic E-state index is 0.0502. The van der Waals surface area contributed by atoms with Gasteiger partial charge in [-0.2, -0.15) is 0 Å². The van der Waals surface area contributed by atoms with Crippen LogP contribution >= 0.6 is 0 Å². The number of carbonyl (C=O) groups excluding carboxylic acids is 1. The molecule has 0 aliphatic carbocycles. The molecule has 0 unspecified atom stereocenters.